The largest absolute Gasteiger partial charge is 0.494 e. The van der Waals surface area contributed by atoms with Crippen molar-refractivity contribution in [3.8, 4) is 5.75 Å². The molecule has 8 nitrogen and oxygen atoms in total. The summed E-state index contributed by atoms with van der Waals surface area (Å²) in [5.41, 5.74) is -1.24. The first-order valence-electron chi connectivity index (χ1n) is 9.57. The summed E-state index contributed by atoms with van der Waals surface area (Å²) in [6.45, 7) is 3.28. The highest BCUT2D eigenvalue weighted by atomic mass is 79.9. The zero-order chi connectivity index (χ0) is 21.9. The van der Waals surface area contributed by atoms with Crippen LogP contribution in [0.25, 0.3) is 0 Å². The Morgan fingerprint density at radius 1 is 1.27 bits per heavy atom. The van der Waals surface area contributed by atoms with E-state index in [4.69, 9.17) is 4.74 Å². The number of nitrogens with zero attached hydrogens (tertiary/aromatic N) is 2. The highest BCUT2D eigenvalue weighted by Crippen LogP contribution is 2.41. The molecule has 3 N–H and O–H groups in total. The van der Waals surface area contributed by atoms with Crippen LogP contribution >= 0.6 is 15.9 Å². The Morgan fingerprint density at radius 2 is 1.97 bits per heavy atom. The van der Waals surface area contributed by atoms with E-state index in [0.29, 0.717) is 41.3 Å². The van der Waals surface area contributed by atoms with Crippen LogP contribution in [0.2, 0.25) is 0 Å². The van der Waals surface area contributed by atoms with Crippen molar-refractivity contribution in [2.24, 2.45) is 0 Å². The Kier molecular flexibility index (Phi) is 6.64. The van der Waals surface area contributed by atoms with E-state index in [1.54, 1.807) is 42.5 Å². The number of hydrogen-bond acceptors (Lipinski definition) is 5. The van der Waals surface area contributed by atoms with Crippen molar-refractivity contribution >= 4 is 39.2 Å². The molecular formula is C21H25BrN4O4. The van der Waals surface area contributed by atoms with Crippen molar-refractivity contribution in [3.05, 3.63) is 52.5 Å². The van der Waals surface area contributed by atoms with E-state index in [1.807, 2.05) is 25.9 Å². The molecule has 1 aliphatic rings. The first kappa shape index (κ1) is 22.1. The number of amides is 3. The summed E-state index contributed by atoms with van der Waals surface area (Å²) < 4.78 is 6.12. The van der Waals surface area contributed by atoms with Gasteiger partial charge in [0, 0.05) is 28.8 Å². The van der Waals surface area contributed by atoms with Crippen molar-refractivity contribution < 1.29 is 19.4 Å². The van der Waals surface area contributed by atoms with Crippen LogP contribution in [0.5, 0.6) is 5.75 Å². The standard InChI is InChI=1S/C21H25BrN4O4/c1-4-30-16-8-6-15(7-9-16)26-20(28)24-18-10-5-14(22)13-17(18)21(26,29)19(27)23-11-12-25(2)3/h5-10,13,29H,4,11-12H2,1-3H3,(H,23,27)(H,24,28)/t21-/m1/s1. The number of carbonyl (C=O) groups is 2. The summed E-state index contributed by atoms with van der Waals surface area (Å²) in [5.74, 6) is -0.0618. The quantitative estimate of drug-likeness (QED) is 0.571. The van der Waals surface area contributed by atoms with E-state index >= 15 is 0 Å². The third-order valence-corrected chi connectivity index (χ3v) is 5.19. The second-order valence-corrected chi connectivity index (χ2v) is 8.03. The minimum absolute atomic E-state index is 0.271. The van der Waals surface area contributed by atoms with Crippen molar-refractivity contribution in [1.82, 2.24) is 10.2 Å². The SMILES string of the molecule is CCOc1ccc(N2C(=O)Nc3ccc(Br)cc3[C@@]2(O)C(=O)NCCN(C)C)cc1. The van der Waals surface area contributed by atoms with Crippen molar-refractivity contribution in [2.45, 2.75) is 12.6 Å². The van der Waals surface area contributed by atoms with Gasteiger partial charge in [-0.1, -0.05) is 15.9 Å². The molecule has 0 aliphatic carbocycles. The minimum atomic E-state index is -2.24. The maximum absolute atomic E-state index is 13.2. The molecule has 2 aromatic rings. The molecule has 0 spiro atoms. The molecule has 2 aromatic carbocycles. The molecule has 0 saturated carbocycles. The van der Waals surface area contributed by atoms with Gasteiger partial charge >= 0.3 is 6.03 Å². The van der Waals surface area contributed by atoms with Gasteiger partial charge in [0.05, 0.1) is 12.3 Å². The number of carbonyl (C=O) groups excluding carboxylic acids is 2. The zero-order valence-electron chi connectivity index (χ0n) is 17.1. The van der Waals surface area contributed by atoms with Crippen LogP contribution in [-0.2, 0) is 10.5 Å². The molecule has 0 bridgehead atoms. The smallest absolute Gasteiger partial charge is 0.329 e. The molecular weight excluding hydrogens is 452 g/mol. The van der Waals surface area contributed by atoms with Gasteiger partial charge in [-0.25, -0.2) is 4.79 Å². The fourth-order valence-electron chi connectivity index (χ4n) is 3.25. The van der Waals surface area contributed by atoms with Gasteiger partial charge in [0.25, 0.3) is 11.6 Å². The highest BCUT2D eigenvalue weighted by molar-refractivity contribution is 9.10. The Labute approximate surface area is 183 Å². The van der Waals surface area contributed by atoms with Gasteiger partial charge in [-0.3, -0.25) is 9.69 Å². The van der Waals surface area contributed by atoms with Crippen molar-refractivity contribution in [1.29, 1.82) is 0 Å². The fourth-order valence-corrected chi connectivity index (χ4v) is 3.62. The van der Waals surface area contributed by atoms with E-state index in [2.05, 4.69) is 26.6 Å². The van der Waals surface area contributed by atoms with Crippen LogP contribution in [-0.4, -0.2) is 55.7 Å². The molecule has 160 valence electrons. The number of halogens is 1. The van der Waals surface area contributed by atoms with E-state index < -0.39 is 17.7 Å². The van der Waals surface area contributed by atoms with E-state index in [0.717, 1.165) is 4.90 Å². The van der Waals surface area contributed by atoms with Crippen LogP contribution in [0, 0.1) is 0 Å². The van der Waals surface area contributed by atoms with Crippen molar-refractivity contribution in [3.63, 3.8) is 0 Å². The average molecular weight is 477 g/mol. The van der Waals surface area contributed by atoms with Crippen LogP contribution in [0.15, 0.2) is 46.9 Å². The lowest BCUT2D eigenvalue weighted by molar-refractivity contribution is -0.140. The maximum atomic E-state index is 13.2. The Morgan fingerprint density at radius 3 is 2.60 bits per heavy atom. The lowest BCUT2D eigenvalue weighted by Crippen LogP contribution is -2.63. The number of urea groups is 1. The predicted molar refractivity (Wildman–Crippen MR) is 119 cm³/mol. The van der Waals surface area contributed by atoms with E-state index in [9.17, 15) is 14.7 Å². The Bertz CT molecular complexity index is 935. The second-order valence-electron chi connectivity index (χ2n) is 7.11. The molecule has 0 fully saturated rings. The molecule has 9 heteroatoms. The summed E-state index contributed by atoms with van der Waals surface area (Å²) in [6, 6.07) is 11.0. The summed E-state index contributed by atoms with van der Waals surface area (Å²) in [7, 11) is 3.77. The third kappa shape index (κ3) is 4.28. The number of ether oxygens (including phenoxy) is 1. The monoisotopic (exact) mass is 476 g/mol. The molecule has 1 aliphatic heterocycles. The number of fused-ring (bicyclic) bond motifs is 1. The number of benzene rings is 2. The third-order valence-electron chi connectivity index (χ3n) is 4.69. The number of nitrogens with one attached hydrogen (secondary N) is 2. The van der Waals surface area contributed by atoms with Gasteiger partial charge in [-0.2, -0.15) is 0 Å². The molecule has 3 amide bonds. The molecule has 1 heterocycles. The van der Waals surface area contributed by atoms with Crippen molar-refractivity contribution in [2.75, 3.05) is 44.0 Å². The minimum Gasteiger partial charge on any atom is -0.494 e. The van der Waals surface area contributed by atoms with Crippen LogP contribution in [0.1, 0.15) is 12.5 Å². The molecule has 30 heavy (non-hydrogen) atoms. The molecule has 3 rings (SSSR count). The van der Waals surface area contributed by atoms with Gasteiger partial charge < -0.3 is 25.4 Å². The molecule has 0 unspecified atom stereocenters. The summed E-state index contributed by atoms with van der Waals surface area (Å²) >= 11 is 3.38. The highest BCUT2D eigenvalue weighted by Gasteiger charge is 2.52. The van der Waals surface area contributed by atoms with Gasteiger partial charge in [-0.15, -0.1) is 0 Å². The van der Waals surface area contributed by atoms with Gasteiger partial charge in [0.15, 0.2) is 0 Å². The maximum Gasteiger partial charge on any atom is 0.329 e. The number of hydrogen-bond donors (Lipinski definition) is 3. The Hall–Kier alpha value is -2.62. The van der Waals surface area contributed by atoms with Crippen LogP contribution in [0.4, 0.5) is 16.2 Å². The molecule has 0 saturated heterocycles. The van der Waals surface area contributed by atoms with Gasteiger partial charge in [-0.05, 0) is 63.5 Å². The number of anilines is 2. The van der Waals surface area contributed by atoms with Crippen LogP contribution in [0.3, 0.4) is 0 Å². The normalized spacial score (nSPS) is 18.1. The summed E-state index contributed by atoms with van der Waals surface area (Å²) in [4.78, 5) is 29.2. The number of rotatable bonds is 7. The van der Waals surface area contributed by atoms with Gasteiger partial charge in [0.1, 0.15) is 5.75 Å². The Balaban J connectivity index is 2.06. The van der Waals surface area contributed by atoms with E-state index in [-0.39, 0.29) is 5.56 Å². The number of aliphatic hydroxyl groups is 1. The fraction of sp³-hybridized carbons (Fsp3) is 0.333. The predicted octanol–water partition coefficient (Wildman–Crippen LogP) is 2.72. The molecule has 1 atom stereocenters. The summed E-state index contributed by atoms with van der Waals surface area (Å²) in [5, 5.41) is 17.2. The first-order valence-corrected chi connectivity index (χ1v) is 10.4. The summed E-state index contributed by atoms with van der Waals surface area (Å²) in [6.07, 6.45) is 0. The lowest BCUT2D eigenvalue weighted by Gasteiger charge is -2.42. The lowest BCUT2D eigenvalue weighted by atomic mass is 9.94. The van der Waals surface area contributed by atoms with Gasteiger partial charge in [0.2, 0.25) is 0 Å². The molecule has 0 radical (unpaired) electrons. The average Bonchev–Trinajstić information content (AvgIpc) is 2.70. The van der Waals surface area contributed by atoms with E-state index in [1.165, 1.54) is 0 Å². The second kappa shape index (κ2) is 9.03. The molecule has 0 aromatic heterocycles. The van der Waals surface area contributed by atoms with Crippen LogP contribution < -0.4 is 20.3 Å². The number of likely N-dealkylation sites (N-methyl/N-ethyl adjacent to an activating group) is 1. The topological polar surface area (TPSA) is 94.1 Å². The zero-order valence-corrected chi connectivity index (χ0v) is 18.7. The first-order chi connectivity index (χ1) is 14.3.